The maximum Gasteiger partial charge on any atom is 0.207 e. The van der Waals surface area contributed by atoms with Crippen molar-refractivity contribution in [1.29, 1.82) is 5.41 Å². The summed E-state index contributed by atoms with van der Waals surface area (Å²) in [6, 6.07) is 0. The molecule has 3 heteroatoms. The van der Waals surface area contributed by atoms with Crippen molar-refractivity contribution < 1.29 is 0 Å². The first-order valence-electron chi connectivity index (χ1n) is 3.17. The van der Waals surface area contributed by atoms with Crippen LogP contribution in [0.4, 0.5) is 0 Å². The topological polar surface area (TPSA) is 59.7 Å². The third kappa shape index (κ3) is 7.27. The quantitative estimate of drug-likeness (QED) is 0.429. The molecule has 0 amide bonds. The Balaban J connectivity index is 3.01. The molecular formula is C6H14N3. The average molecular weight is 128 g/mol. The fourth-order valence-electron chi connectivity index (χ4n) is 0.486. The van der Waals surface area contributed by atoms with E-state index in [1.807, 2.05) is 0 Å². The first kappa shape index (κ1) is 8.27. The molecule has 0 fully saturated rings. The molecule has 0 rings (SSSR count). The summed E-state index contributed by atoms with van der Waals surface area (Å²) >= 11 is 0. The third-order valence-corrected chi connectivity index (χ3v) is 1.02. The normalized spacial score (nSPS) is 9.67. The van der Waals surface area contributed by atoms with Gasteiger partial charge in [0.25, 0.3) is 0 Å². The van der Waals surface area contributed by atoms with E-state index in [-0.39, 0.29) is 5.96 Å². The summed E-state index contributed by atoms with van der Waals surface area (Å²) in [5.74, 6) is 0.465. The summed E-state index contributed by atoms with van der Waals surface area (Å²) in [5, 5.41) is 9.32. The lowest BCUT2D eigenvalue weighted by Crippen LogP contribution is -2.24. The molecule has 0 spiro atoms. The van der Waals surface area contributed by atoms with Crippen molar-refractivity contribution in [3.8, 4) is 0 Å². The molecule has 3 nitrogen and oxygen atoms in total. The van der Waals surface area contributed by atoms with E-state index in [9.17, 15) is 0 Å². The largest absolute Gasteiger partial charge is 0.355 e. The second kappa shape index (κ2) is 4.18. The second-order valence-electron chi connectivity index (χ2n) is 2.48. The molecule has 0 atom stereocenters. The van der Waals surface area contributed by atoms with Gasteiger partial charge in [-0.3, -0.25) is 11.1 Å². The molecule has 0 saturated carbocycles. The molecule has 0 aliphatic heterocycles. The highest BCUT2D eigenvalue weighted by atomic mass is 15.0. The predicted octanol–water partition coefficient (Wildman–Crippen LogP) is 0.840. The van der Waals surface area contributed by atoms with E-state index in [0.29, 0.717) is 5.92 Å². The summed E-state index contributed by atoms with van der Waals surface area (Å²) in [4.78, 5) is 0. The molecule has 0 aromatic carbocycles. The third-order valence-electron chi connectivity index (χ3n) is 1.02. The summed E-state index contributed by atoms with van der Waals surface area (Å²) < 4.78 is 0. The van der Waals surface area contributed by atoms with Crippen LogP contribution >= 0.6 is 0 Å². The van der Waals surface area contributed by atoms with Crippen molar-refractivity contribution in [3.63, 3.8) is 0 Å². The van der Waals surface area contributed by atoms with Gasteiger partial charge < -0.3 is 5.32 Å². The minimum Gasteiger partial charge on any atom is -0.355 e. The minimum absolute atomic E-state index is 0.185. The van der Waals surface area contributed by atoms with Crippen LogP contribution in [-0.2, 0) is 0 Å². The highest BCUT2D eigenvalue weighted by Crippen LogP contribution is 1.95. The average Bonchev–Trinajstić information content (AvgIpc) is 1.63. The van der Waals surface area contributed by atoms with Gasteiger partial charge in [-0.15, -0.1) is 0 Å². The molecule has 0 saturated heterocycles. The Kier molecular flexibility index (Phi) is 3.84. The fourth-order valence-corrected chi connectivity index (χ4v) is 0.486. The van der Waals surface area contributed by atoms with Crippen LogP contribution in [0.2, 0.25) is 0 Å². The van der Waals surface area contributed by atoms with E-state index in [2.05, 4.69) is 19.2 Å². The Labute approximate surface area is 56.1 Å². The van der Waals surface area contributed by atoms with Gasteiger partial charge in [-0.2, -0.15) is 0 Å². The van der Waals surface area contributed by atoms with Crippen molar-refractivity contribution in [2.45, 2.75) is 20.3 Å². The number of nitrogens with one attached hydrogen (secondary N) is 3. The zero-order valence-electron chi connectivity index (χ0n) is 5.99. The van der Waals surface area contributed by atoms with Crippen molar-refractivity contribution in [2.75, 3.05) is 6.54 Å². The van der Waals surface area contributed by atoms with Crippen LogP contribution in [0.25, 0.3) is 0 Å². The second-order valence-corrected chi connectivity index (χ2v) is 2.48. The minimum atomic E-state index is -0.185. The molecule has 9 heavy (non-hydrogen) atoms. The number of hydrogen-bond donors (Lipinski definition) is 2. The molecular weight excluding hydrogens is 114 g/mol. The molecule has 3 N–H and O–H groups in total. The Bertz CT molecular complexity index is 88.3. The van der Waals surface area contributed by atoms with E-state index in [1.54, 1.807) is 0 Å². The van der Waals surface area contributed by atoms with E-state index in [4.69, 9.17) is 11.1 Å². The molecule has 0 aliphatic rings. The molecule has 0 unspecified atom stereocenters. The molecule has 0 aromatic heterocycles. The smallest absolute Gasteiger partial charge is 0.207 e. The monoisotopic (exact) mass is 128 g/mol. The van der Waals surface area contributed by atoms with Crippen molar-refractivity contribution >= 4 is 5.96 Å². The van der Waals surface area contributed by atoms with Crippen LogP contribution in [0.1, 0.15) is 20.3 Å². The molecule has 0 bridgehead atoms. The van der Waals surface area contributed by atoms with Crippen LogP contribution in [0, 0.1) is 11.3 Å². The predicted molar refractivity (Wildman–Crippen MR) is 38.3 cm³/mol. The van der Waals surface area contributed by atoms with Crippen LogP contribution in [0.3, 0.4) is 0 Å². The summed E-state index contributed by atoms with van der Waals surface area (Å²) in [7, 11) is 0. The number of guanidine groups is 1. The number of hydrogen-bond acceptors (Lipinski definition) is 1. The Morgan fingerprint density at radius 2 is 2.11 bits per heavy atom. The van der Waals surface area contributed by atoms with Gasteiger partial charge in [0.15, 0.2) is 0 Å². The van der Waals surface area contributed by atoms with E-state index >= 15 is 0 Å². The Morgan fingerprint density at radius 1 is 1.56 bits per heavy atom. The molecule has 0 aromatic rings. The Morgan fingerprint density at radius 3 is 2.44 bits per heavy atom. The maximum atomic E-state index is 6.69. The van der Waals surface area contributed by atoms with Gasteiger partial charge in [-0.05, 0) is 12.3 Å². The van der Waals surface area contributed by atoms with Gasteiger partial charge >= 0.3 is 0 Å². The van der Waals surface area contributed by atoms with Gasteiger partial charge in [0.1, 0.15) is 0 Å². The van der Waals surface area contributed by atoms with Gasteiger partial charge in [0.05, 0.1) is 0 Å². The van der Waals surface area contributed by atoms with E-state index in [0.717, 1.165) is 13.0 Å². The summed E-state index contributed by atoms with van der Waals surface area (Å²) in [6.45, 7) is 4.99. The summed E-state index contributed by atoms with van der Waals surface area (Å²) in [6.07, 6.45) is 1.03. The standard InChI is InChI=1S/C6H14N3/c1-5(2)3-4-9-6(7)8/h5,7H,3-4H2,1-2H3,(H2,8,9). The molecule has 0 heterocycles. The first-order chi connectivity index (χ1) is 4.13. The van der Waals surface area contributed by atoms with Crippen LogP contribution < -0.4 is 11.1 Å². The van der Waals surface area contributed by atoms with Crippen LogP contribution in [0.5, 0.6) is 0 Å². The van der Waals surface area contributed by atoms with Crippen LogP contribution in [-0.4, -0.2) is 12.5 Å². The van der Waals surface area contributed by atoms with E-state index < -0.39 is 0 Å². The first-order valence-corrected chi connectivity index (χ1v) is 3.17. The lowest BCUT2D eigenvalue weighted by molar-refractivity contribution is 0.576. The lowest BCUT2D eigenvalue weighted by atomic mass is 10.1. The zero-order chi connectivity index (χ0) is 7.28. The summed E-state index contributed by atoms with van der Waals surface area (Å²) in [5.41, 5.74) is 6.69. The van der Waals surface area contributed by atoms with Crippen molar-refractivity contribution in [1.82, 2.24) is 11.1 Å². The highest BCUT2D eigenvalue weighted by Gasteiger charge is 1.92. The molecule has 1 radical (unpaired) electrons. The Hall–Kier alpha value is -0.730. The van der Waals surface area contributed by atoms with Crippen molar-refractivity contribution in [3.05, 3.63) is 0 Å². The maximum absolute atomic E-state index is 6.69. The van der Waals surface area contributed by atoms with Crippen molar-refractivity contribution in [2.24, 2.45) is 5.92 Å². The fraction of sp³-hybridized carbons (Fsp3) is 0.833. The van der Waals surface area contributed by atoms with Gasteiger partial charge in [0.2, 0.25) is 5.96 Å². The van der Waals surface area contributed by atoms with Gasteiger partial charge in [-0.1, -0.05) is 13.8 Å². The van der Waals surface area contributed by atoms with Gasteiger partial charge in [0, 0.05) is 6.54 Å². The van der Waals surface area contributed by atoms with Gasteiger partial charge in [-0.25, -0.2) is 0 Å². The zero-order valence-corrected chi connectivity index (χ0v) is 5.99. The highest BCUT2D eigenvalue weighted by molar-refractivity contribution is 5.73. The number of rotatable bonds is 3. The van der Waals surface area contributed by atoms with E-state index in [1.165, 1.54) is 0 Å². The van der Waals surface area contributed by atoms with Crippen LogP contribution in [0.15, 0.2) is 0 Å². The molecule has 53 valence electrons. The SMILES string of the molecule is CC(C)CCNC([NH])=N. The lowest BCUT2D eigenvalue weighted by Gasteiger charge is -2.04. The molecule has 0 aliphatic carbocycles.